The molecule has 0 aliphatic carbocycles. The first kappa shape index (κ1) is 16.2. The van der Waals surface area contributed by atoms with E-state index in [9.17, 15) is 4.79 Å². The van der Waals surface area contributed by atoms with E-state index < -0.39 is 0 Å². The van der Waals surface area contributed by atoms with E-state index in [0.717, 1.165) is 29.2 Å². The molecule has 0 radical (unpaired) electrons. The van der Waals surface area contributed by atoms with Gasteiger partial charge in [0.25, 0.3) is 0 Å². The van der Waals surface area contributed by atoms with Crippen LogP contribution in [0.5, 0.6) is 5.75 Å². The highest BCUT2D eigenvalue weighted by molar-refractivity contribution is 7.15. The van der Waals surface area contributed by atoms with Crippen LogP contribution < -0.4 is 10.1 Å². The molecule has 0 bridgehead atoms. The summed E-state index contributed by atoms with van der Waals surface area (Å²) in [6.45, 7) is 4.59. The van der Waals surface area contributed by atoms with Gasteiger partial charge in [-0.15, -0.1) is 10.2 Å². The van der Waals surface area contributed by atoms with Crippen LogP contribution in [0.4, 0.5) is 5.13 Å². The zero-order valence-electron chi connectivity index (χ0n) is 12.7. The molecule has 1 aromatic heterocycles. The van der Waals surface area contributed by atoms with E-state index in [0.29, 0.717) is 11.7 Å². The fourth-order valence-electron chi connectivity index (χ4n) is 1.84. The number of amides is 1. The predicted molar refractivity (Wildman–Crippen MR) is 89.2 cm³/mol. The Balaban J connectivity index is 1.99. The van der Waals surface area contributed by atoms with Gasteiger partial charge in [-0.1, -0.05) is 36.5 Å². The molecule has 0 spiro atoms. The second-order valence-electron chi connectivity index (χ2n) is 4.54. The summed E-state index contributed by atoms with van der Waals surface area (Å²) in [6.07, 6.45) is 5.09. The number of benzene rings is 1. The fraction of sp³-hybridized carbons (Fsp3) is 0.312. The number of nitrogens with one attached hydrogen (secondary N) is 1. The lowest BCUT2D eigenvalue weighted by Crippen LogP contribution is -2.07. The molecule has 1 amide bonds. The van der Waals surface area contributed by atoms with E-state index in [1.165, 1.54) is 17.4 Å². The SMILES string of the molecule is CCCc1nnc(NC(=O)/C=C/c2ccccc2OCC)s1. The standard InChI is InChI=1S/C16H19N3O2S/c1-3-7-15-18-19-16(22-15)17-14(20)11-10-12-8-5-6-9-13(12)21-4-2/h5-6,8-11H,3-4,7H2,1-2H3,(H,17,19,20)/b11-10+. The smallest absolute Gasteiger partial charge is 0.250 e. The average Bonchev–Trinajstić information content (AvgIpc) is 2.94. The molecule has 0 saturated carbocycles. The van der Waals surface area contributed by atoms with Crippen LogP contribution >= 0.6 is 11.3 Å². The Morgan fingerprint density at radius 2 is 2.14 bits per heavy atom. The van der Waals surface area contributed by atoms with E-state index >= 15 is 0 Å². The highest BCUT2D eigenvalue weighted by Gasteiger charge is 2.06. The van der Waals surface area contributed by atoms with E-state index in [2.05, 4.69) is 22.4 Å². The van der Waals surface area contributed by atoms with E-state index in [4.69, 9.17) is 4.74 Å². The number of rotatable bonds is 7. The van der Waals surface area contributed by atoms with Crippen molar-refractivity contribution in [1.29, 1.82) is 0 Å². The molecular weight excluding hydrogens is 298 g/mol. The molecule has 0 atom stereocenters. The summed E-state index contributed by atoms with van der Waals surface area (Å²) < 4.78 is 5.51. The third-order valence-electron chi connectivity index (χ3n) is 2.79. The number of nitrogens with zero attached hydrogens (tertiary/aromatic N) is 2. The van der Waals surface area contributed by atoms with Crippen molar-refractivity contribution in [1.82, 2.24) is 10.2 Å². The van der Waals surface area contributed by atoms with Gasteiger partial charge < -0.3 is 4.74 Å². The number of hydrogen-bond acceptors (Lipinski definition) is 5. The van der Waals surface area contributed by atoms with Crippen molar-refractivity contribution >= 4 is 28.5 Å². The maximum absolute atomic E-state index is 11.9. The molecule has 0 aliphatic heterocycles. The van der Waals surface area contributed by atoms with E-state index in [-0.39, 0.29) is 5.91 Å². The van der Waals surface area contributed by atoms with Crippen LogP contribution in [0.1, 0.15) is 30.8 Å². The third-order valence-corrected chi connectivity index (χ3v) is 3.69. The van der Waals surface area contributed by atoms with Crippen molar-refractivity contribution in [3.05, 3.63) is 40.9 Å². The molecule has 1 aromatic carbocycles. The Bertz CT molecular complexity index is 652. The minimum Gasteiger partial charge on any atom is -0.493 e. The molecular formula is C16H19N3O2S. The highest BCUT2D eigenvalue weighted by Crippen LogP contribution is 2.20. The Hall–Kier alpha value is -2.21. The first-order chi connectivity index (χ1) is 10.7. The lowest BCUT2D eigenvalue weighted by molar-refractivity contribution is -0.111. The van der Waals surface area contributed by atoms with Crippen LogP contribution in [0.2, 0.25) is 0 Å². The van der Waals surface area contributed by atoms with Gasteiger partial charge in [0.1, 0.15) is 10.8 Å². The van der Waals surface area contributed by atoms with Gasteiger partial charge in [0.05, 0.1) is 6.61 Å². The van der Waals surface area contributed by atoms with Crippen molar-refractivity contribution in [2.24, 2.45) is 0 Å². The summed E-state index contributed by atoms with van der Waals surface area (Å²) in [5, 5.41) is 12.2. The number of aromatic nitrogens is 2. The molecule has 2 aromatic rings. The summed E-state index contributed by atoms with van der Waals surface area (Å²) >= 11 is 1.41. The van der Waals surface area contributed by atoms with Gasteiger partial charge in [0.2, 0.25) is 11.0 Å². The number of carbonyl (C=O) groups is 1. The summed E-state index contributed by atoms with van der Waals surface area (Å²) in [5.41, 5.74) is 0.864. The second kappa shape index (κ2) is 8.29. The Morgan fingerprint density at radius 3 is 2.91 bits per heavy atom. The van der Waals surface area contributed by atoms with Crippen LogP contribution in [-0.2, 0) is 11.2 Å². The third kappa shape index (κ3) is 4.66. The second-order valence-corrected chi connectivity index (χ2v) is 5.61. The lowest BCUT2D eigenvalue weighted by Gasteiger charge is -2.05. The molecule has 6 heteroatoms. The van der Waals surface area contributed by atoms with Gasteiger partial charge in [-0.05, 0) is 25.5 Å². The fourth-order valence-corrected chi connectivity index (χ4v) is 2.68. The number of hydrogen-bond donors (Lipinski definition) is 1. The van der Waals surface area contributed by atoms with Gasteiger partial charge in [-0.25, -0.2) is 0 Å². The number of para-hydroxylation sites is 1. The topological polar surface area (TPSA) is 64.1 Å². The quantitative estimate of drug-likeness (QED) is 0.793. The van der Waals surface area contributed by atoms with Crippen molar-refractivity contribution in [3.8, 4) is 5.75 Å². The maximum atomic E-state index is 11.9. The normalized spacial score (nSPS) is 10.8. The van der Waals surface area contributed by atoms with Crippen molar-refractivity contribution < 1.29 is 9.53 Å². The van der Waals surface area contributed by atoms with Gasteiger partial charge in [0, 0.05) is 18.1 Å². The van der Waals surface area contributed by atoms with Gasteiger partial charge in [-0.2, -0.15) is 0 Å². The Kier molecular flexibility index (Phi) is 6.09. The predicted octanol–water partition coefficient (Wildman–Crippen LogP) is 3.54. The lowest BCUT2D eigenvalue weighted by atomic mass is 10.2. The number of aryl methyl sites for hydroxylation is 1. The first-order valence-corrected chi connectivity index (χ1v) is 8.07. The number of anilines is 1. The minimum atomic E-state index is -0.231. The molecule has 0 aliphatic rings. The van der Waals surface area contributed by atoms with E-state index in [1.807, 2.05) is 31.2 Å². The molecule has 116 valence electrons. The maximum Gasteiger partial charge on any atom is 0.250 e. The Labute approximate surface area is 134 Å². The van der Waals surface area contributed by atoms with Crippen LogP contribution in [0.25, 0.3) is 6.08 Å². The number of ether oxygens (including phenoxy) is 1. The summed E-state index contributed by atoms with van der Waals surface area (Å²) in [7, 11) is 0. The van der Waals surface area contributed by atoms with Crippen molar-refractivity contribution in [2.75, 3.05) is 11.9 Å². The summed E-state index contributed by atoms with van der Waals surface area (Å²) in [4.78, 5) is 11.9. The average molecular weight is 317 g/mol. The number of carbonyl (C=O) groups excluding carboxylic acids is 1. The zero-order valence-corrected chi connectivity index (χ0v) is 13.5. The summed E-state index contributed by atoms with van der Waals surface area (Å²) in [5.74, 6) is 0.528. The highest BCUT2D eigenvalue weighted by atomic mass is 32.1. The molecule has 1 N–H and O–H groups in total. The van der Waals surface area contributed by atoms with Crippen LogP contribution in [-0.4, -0.2) is 22.7 Å². The molecule has 5 nitrogen and oxygen atoms in total. The molecule has 22 heavy (non-hydrogen) atoms. The molecule has 0 saturated heterocycles. The largest absolute Gasteiger partial charge is 0.493 e. The van der Waals surface area contributed by atoms with Gasteiger partial charge >= 0.3 is 0 Å². The minimum absolute atomic E-state index is 0.231. The van der Waals surface area contributed by atoms with Crippen LogP contribution in [0, 0.1) is 0 Å². The molecule has 2 rings (SSSR count). The van der Waals surface area contributed by atoms with Crippen LogP contribution in [0.15, 0.2) is 30.3 Å². The monoisotopic (exact) mass is 317 g/mol. The Morgan fingerprint density at radius 1 is 1.32 bits per heavy atom. The van der Waals surface area contributed by atoms with Gasteiger partial charge in [0.15, 0.2) is 0 Å². The molecule has 1 heterocycles. The van der Waals surface area contributed by atoms with Crippen LogP contribution in [0.3, 0.4) is 0 Å². The van der Waals surface area contributed by atoms with Crippen molar-refractivity contribution in [3.63, 3.8) is 0 Å². The first-order valence-electron chi connectivity index (χ1n) is 7.26. The van der Waals surface area contributed by atoms with E-state index in [1.54, 1.807) is 6.08 Å². The molecule has 0 fully saturated rings. The van der Waals surface area contributed by atoms with Crippen molar-refractivity contribution in [2.45, 2.75) is 26.7 Å². The molecule has 0 unspecified atom stereocenters. The summed E-state index contributed by atoms with van der Waals surface area (Å²) in [6, 6.07) is 7.59. The zero-order chi connectivity index (χ0) is 15.8. The van der Waals surface area contributed by atoms with Gasteiger partial charge in [-0.3, -0.25) is 10.1 Å².